The van der Waals surface area contributed by atoms with E-state index in [0.717, 1.165) is 63.6 Å². The largest absolute Gasteiger partial charge is 0.357 e. The molecule has 0 spiro atoms. The van der Waals surface area contributed by atoms with Gasteiger partial charge in [-0.05, 0) is 57.2 Å². The lowest BCUT2D eigenvalue weighted by molar-refractivity contribution is 0.198. The summed E-state index contributed by atoms with van der Waals surface area (Å²) in [6.07, 6.45) is 5.17. The van der Waals surface area contributed by atoms with Crippen molar-refractivity contribution in [2.75, 3.05) is 26.2 Å². The maximum absolute atomic E-state index is 4.77. The fourth-order valence-electron chi connectivity index (χ4n) is 3.76. The zero-order valence-electron chi connectivity index (χ0n) is 18.1. The van der Waals surface area contributed by atoms with E-state index in [1.54, 1.807) is 0 Å². The molecule has 1 aromatic heterocycles. The number of benzene rings is 1. The van der Waals surface area contributed by atoms with E-state index in [1.807, 2.05) is 13.1 Å². The van der Waals surface area contributed by atoms with Gasteiger partial charge < -0.3 is 10.6 Å². The Morgan fingerprint density at radius 1 is 1.14 bits per heavy atom. The number of likely N-dealkylation sites (tertiary alicyclic amines) is 1. The van der Waals surface area contributed by atoms with Crippen molar-refractivity contribution in [2.24, 2.45) is 4.99 Å². The van der Waals surface area contributed by atoms with Crippen LogP contribution in [-0.2, 0) is 13.0 Å². The van der Waals surface area contributed by atoms with Crippen molar-refractivity contribution < 1.29 is 0 Å². The second-order valence-corrected chi connectivity index (χ2v) is 8.00. The minimum absolute atomic E-state index is 0.489. The Balaban J connectivity index is 1.45. The van der Waals surface area contributed by atoms with Gasteiger partial charge in [-0.25, -0.2) is 0 Å². The fraction of sp³-hybridized carbons (Fsp3) is 0.500. The van der Waals surface area contributed by atoms with Gasteiger partial charge in [0, 0.05) is 50.7 Å². The highest BCUT2D eigenvalue weighted by atomic mass is 15.2. The molecule has 0 atom stereocenters. The summed E-state index contributed by atoms with van der Waals surface area (Å²) in [7, 11) is 0. The predicted molar refractivity (Wildman–Crippen MR) is 121 cm³/mol. The first-order chi connectivity index (χ1) is 14.1. The van der Waals surface area contributed by atoms with Crippen molar-refractivity contribution in [3.63, 3.8) is 0 Å². The third kappa shape index (κ3) is 7.17. The van der Waals surface area contributed by atoms with Gasteiger partial charge in [0.15, 0.2) is 5.96 Å². The maximum atomic E-state index is 4.77. The summed E-state index contributed by atoms with van der Waals surface area (Å²) >= 11 is 0. The molecule has 2 N–H and O–H groups in total. The van der Waals surface area contributed by atoms with Crippen LogP contribution in [0, 0.1) is 13.8 Å². The molecular weight excluding hydrogens is 358 g/mol. The number of guanidine groups is 1. The Hall–Kier alpha value is -2.40. The molecule has 3 rings (SSSR count). The van der Waals surface area contributed by atoms with Gasteiger partial charge >= 0.3 is 0 Å². The molecule has 5 heteroatoms. The normalized spacial score (nSPS) is 16.0. The predicted octanol–water partition coefficient (Wildman–Crippen LogP) is 3.46. The molecule has 0 saturated carbocycles. The first-order valence-corrected chi connectivity index (χ1v) is 10.9. The Morgan fingerprint density at radius 3 is 2.66 bits per heavy atom. The zero-order chi connectivity index (χ0) is 20.5. The molecule has 1 aliphatic rings. The minimum Gasteiger partial charge on any atom is -0.357 e. The molecule has 2 heterocycles. The van der Waals surface area contributed by atoms with E-state index >= 15 is 0 Å². The van der Waals surface area contributed by atoms with Gasteiger partial charge in [0.2, 0.25) is 0 Å². The van der Waals surface area contributed by atoms with Crippen LogP contribution in [0.4, 0.5) is 0 Å². The molecule has 2 aromatic rings. The molecule has 1 aliphatic heterocycles. The molecule has 29 heavy (non-hydrogen) atoms. The molecule has 1 fully saturated rings. The molecule has 1 aromatic carbocycles. The Bertz CT molecular complexity index is 776. The second kappa shape index (κ2) is 11.0. The quantitative estimate of drug-likeness (QED) is 0.559. The van der Waals surface area contributed by atoms with Crippen LogP contribution in [0.2, 0.25) is 0 Å². The molecule has 156 valence electrons. The fourth-order valence-corrected chi connectivity index (χ4v) is 3.76. The van der Waals surface area contributed by atoms with Crippen molar-refractivity contribution in [2.45, 2.75) is 52.6 Å². The smallest absolute Gasteiger partial charge is 0.191 e. The minimum atomic E-state index is 0.489. The number of nitrogens with zero attached hydrogens (tertiary/aromatic N) is 3. The van der Waals surface area contributed by atoms with Gasteiger partial charge in [-0.1, -0.05) is 35.9 Å². The van der Waals surface area contributed by atoms with Crippen molar-refractivity contribution in [1.29, 1.82) is 0 Å². The van der Waals surface area contributed by atoms with Crippen LogP contribution >= 0.6 is 0 Å². The van der Waals surface area contributed by atoms with Gasteiger partial charge in [-0.3, -0.25) is 14.9 Å². The SMILES string of the molecule is CCNC(=NCCc1ccc(C)nc1)NC1CCN(Cc2cccc(C)c2)CC1. The first-order valence-electron chi connectivity index (χ1n) is 10.9. The molecule has 0 unspecified atom stereocenters. The number of hydrogen-bond acceptors (Lipinski definition) is 3. The Kier molecular flexibility index (Phi) is 8.05. The van der Waals surface area contributed by atoms with Crippen molar-refractivity contribution in [3.05, 3.63) is 65.0 Å². The number of pyridine rings is 1. The summed E-state index contributed by atoms with van der Waals surface area (Å²) in [5, 5.41) is 7.03. The molecule has 0 bridgehead atoms. The van der Waals surface area contributed by atoms with Crippen LogP contribution in [0.15, 0.2) is 47.6 Å². The van der Waals surface area contributed by atoms with Crippen LogP contribution in [0.1, 0.15) is 42.1 Å². The summed E-state index contributed by atoms with van der Waals surface area (Å²) < 4.78 is 0. The van der Waals surface area contributed by atoms with Crippen molar-refractivity contribution >= 4 is 5.96 Å². The number of rotatable bonds is 7. The summed E-state index contributed by atoms with van der Waals surface area (Å²) in [5.41, 5.74) is 5.05. The molecule has 1 saturated heterocycles. The average Bonchev–Trinajstić information content (AvgIpc) is 2.71. The number of piperidine rings is 1. The average molecular weight is 394 g/mol. The van der Waals surface area contributed by atoms with Crippen LogP contribution in [0.3, 0.4) is 0 Å². The van der Waals surface area contributed by atoms with Gasteiger partial charge in [-0.15, -0.1) is 0 Å². The lowest BCUT2D eigenvalue weighted by atomic mass is 10.0. The van der Waals surface area contributed by atoms with E-state index in [-0.39, 0.29) is 0 Å². The highest BCUT2D eigenvalue weighted by Crippen LogP contribution is 2.14. The van der Waals surface area contributed by atoms with E-state index in [4.69, 9.17) is 4.99 Å². The Labute approximate surface area is 175 Å². The highest BCUT2D eigenvalue weighted by molar-refractivity contribution is 5.80. The van der Waals surface area contributed by atoms with Gasteiger partial charge in [-0.2, -0.15) is 0 Å². The highest BCUT2D eigenvalue weighted by Gasteiger charge is 2.20. The molecule has 0 amide bonds. The maximum Gasteiger partial charge on any atom is 0.191 e. The number of aliphatic imine (C=N–C) groups is 1. The number of nitrogens with one attached hydrogen (secondary N) is 2. The molecular formula is C24H35N5. The molecule has 0 radical (unpaired) electrons. The lowest BCUT2D eigenvalue weighted by Gasteiger charge is -2.33. The van der Waals surface area contributed by atoms with Gasteiger partial charge in [0.25, 0.3) is 0 Å². The summed E-state index contributed by atoms with van der Waals surface area (Å²) in [4.78, 5) is 11.7. The molecule has 5 nitrogen and oxygen atoms in total. The zero-order valence-corrected chi connectivity index (χ0v) is 18.1. The monoisotopic (exact) mass is 393 g/mol. The molecule has 0 aliphatic carbocycles. The first kappa shape index (κ1) is 21.3. The van der Waals surface area contributed by atoms with E-state index < -0.39 is 0 Å². The lowest BCUT2D eigenvalue weighted by Crippen LogP contribution is -2.48. The van der Waals surface area contributed by atoms with Gasteiger partial charge in [0.05, 0.1) is 0 Å². The number of hydrogen-bond donors (Lipinski definition) is 2. The van der Waals surface area contributed by atoms with Crippen molar-refractivity contribution in [3.8, 4) is 0 Å². The third-order valence-electron chi connectivity index (χ3n) is 5.40. The van der Waals surface area contributed by atoms with Crippen LogP contribution in [0.5, 0.6) is 0 Å². The summed E-state index contributed by atoms with van der Waals surface area (Å²) in [5.74, 6) is 0.935. The van der Waals surface area contributed by atoms with Gasteiger partial charge in [0.1, 0.15) is 0 Å². The summed E-state index contributed by atoms with van der Waals surface area (Å²) in [6, 6.07) is 13.5. The van der Waals surface area contributed by atoms with Crippen LogP contribution in [0.25, 0.3) is 0 Å². The van der Waals surface area contributed by atoms with E-state index in [1.165, 1.54) is 16.7 Å². The van der Waals surface area contributed by atoms with E-state index in [2.05, 4.69) is 70.8 Å². The Morgan fingerprint density at radius 2 is 1.97 bits per heavy atom. The number of aromatic nitrogens is 1. The van der Waals surface area contributed by atoms with E-state index in [9.17, 15) is 0 Å². The van der Waals surface area contributed by atoms with E-state index in [0.29, 0.717) is 6.04 Å². The van der Waals surface area contributed by atoms with Crippen LogP contribution < -0.4 is 10.6 Å². The second-order valence-electron chi connectivity index (χ2n) is 8.00. The topological polar surface area (TPSA) is 52.6 Å². The number of aryl methyl sites for hydroxylation is 2. The third-order valence-corrected chi connectivity index (χ3v) is 5.40. The standard InChI is InChI=1S/C24H35N5/c1-4-25-24(26-13-10-21-9-8-20(3)27-17-21)28-23-11-14-29(15-12-23)18-22-7-5-6-19(2)16-22/h5-9,16-17,23H,4,10-15,18H2,1-3H3,(H2,25,26,28). The van der Waals surface area contributed by atoms with Crippen molar-refractivity contribution in [1.82, 2.24) is 20.5 Å². The summed E-state index contributed by atoms with van der Waals surface area (Å²) in [6.45, 7) is 11.2. The van der Waals surface area contributed by atoms with Crippen LogP contribution in [-0.4, -0.2) is 48.1 Å².